The van der Waals surface area contributed by atoms with Crippen LogP contribution in [0.5, 0.6) is 0 Å². The summed E-state index contributed by atoms with van der Waals surface area (Å²) in [5.74, 6) is 0.194. The second-order valence-corrected chi connectivity index (χ2v) is 6.05. The second-order valence-electron chi connectivity index (χ2n) is 6.05. The molecule has 4 nitrogen and oxygen atoms in total. The molecule has 2 N–H and O–H groups in total. The number of likely N-dealkylation sites (tertiary alicyclic amines) is 1. The zero-order chi connectivity index (χ0) is 14.5. The number of carbonyl (C=O) groups excluding carboxylic acids is 1. The van der Waals surface area contributed by atoms with Crippen molar-refractivity contribution in [2.24, 2.45) is 0 Å². The third-order valence-corrected chi connectivity index (χ3v) is 4.55. The maximum absolute atomic E-state index is 12.4. The molecular weight excluding hydrogens is 262 g/mol. The first kappa shape index (κ1) is 14.4. The fraction of sp³-hybridized carbons (Fsp3) is 0.588. The van der Waals surface area contributed by atoms with Gasteiger partial charge in [0.05, 0.1) is 5.92 Å². The molecule has 114 valence electrons. The summed E-state index contributed by atoms with van der Waals surface area (Å²) >= 11 is 0. The van der Waals surface area contributed by atoms with Gasteiger partial charge in [0.15, 0.2) is 0 Å². The molecule has 1 amide bonds. The van der Waals surface area contributed by atoms with Gasteiger partial charge in [-0.15, -0.1) is 0 Å². The van der Waals surface area contributed by atoms with Crippen LogP contribution in [-0.2, 0) is 4.79 Å². The van der Waals surface area contributed by atoms with Gasteiger partial charge in [-0.2, -0.15) is 0 Å². The van der Waals surface area contributed by atoms with Crippen molar-refractivity contribution in [1.29, 1.82) is 0 Å². The Morgan fingerprint density at radius 1 is 1.29 bits per heavy atom. The van der Waals surface area contributed by atoms with Crippen molar-refractivity contribution in [3.05, 3.63) is 29.8 Å². The molecule has 0 radical (unpaired) electrons. The lowest BCUT2D eigenvalue weighted by atomic mass is 9.90. The molecule has 1 saturated heterocycles. The summed E-state index contributed by atoms with van der Waals surface area (Å²) < 4.78 is 0. The van der Waals surface area contributed by atoms with Gasteiger partial charge in [-0.3, -0.25) is 4.79 Å². The molecule has 2 aliphatic rings. The van der Waals surface area contributed by atoms with E-state index in [2.05, 4.69) is 27.7 Å². The largest absolute Gasteiger partial charge is 0.385 e. The zero-order valence-electron chi connectivity index (χ0n) is 12.6. The molecular formula is C17H25N3O. The predicted octanol–water partition coefficient (Wildman–Crippen LogP) is 2.19. The van der Waals surface area contributed by atoms with E-state index in [4.69, 9.17) is 0 Å². The highest BCUT2D eigenvalue weighted by atomic mass is 16.1. The van der Waals surface area contributed by atoms with Crippen LogP contribution in [0.2, 0.25) is 0 Å². The first-order valence-electron chi connectivity index (χ1n) is 8.17. The van der Waals surface area contributed by atoms with Gasteiger partial charge >= 0.3 is 0 Å². The molecule has 1 aromatic rings. The number of nitrogens with zero attached hydrogens (tertiary/aromatic N) is 1. The fourth-order valence-electron chi connectivity index (χ4n) is 3.38. The monoisotopic (exact) mass is 287 g/mol. The van der Waals surface area contributed by atoms with Gasteiger partial charge in [0.1, 0.15) is 0 Å². The summed E-state index contributed by atoms with van der Waals surface area (Å²) in [6, 6.07) is 8.15. The van der Waals surface area contributed by atoms with Crippen molar-refractivity contribution in [3.8, 4) is 0 Å². The van der Waals surface area contributed by atoms with Gasteiger partial charge in [-0.05, 0) is 56.9 Å². The average Bonchev–Trinajstić information content (AvgIpc) is 3.04. The van der Waals surface area contributed by atoms with Gasteiger partial charge in [-0.1, -0.05) is 18.2 Å². The smallest absolute Gasteiger partial charge is 0.227 e. The molecule has 1 atom stereocenters. The minimum atomic E-state index is 0.00855. The quantitative estimate of drug-likeness (QED) is 0.816. The minimum Gasteiger partial charge on any atom is -0.385 e. The first-order valence-corrected chi connectivity index (χ1v) is 8.17. The lowest BCUT2D eigenvalue weighted by Gasteiger charge is -2.26. The van der Waals surface area contributed by atoms with Crippen molar-refractivity contribution < 1.29 is 4.79 Å². The number of para-hydroxylation sites is 1. The molecule has 1 aromatic carbocycles. The maximum Gasteiger partial charge on any atom is 0.227 e. The van der Waals surface area contributed by atoms with E-state index in [1.165, 1.54) is 25.9 Å². The van der Waals surface area contributed by atoms with Gasteiger partial charge in [0, 0.05) is 18.8 Å². The predicted molar refractivity (Wildman–Crippen MR) is 85.6 cm³/mol. The molecule has 2 aliphatic heterocycles. The Morgan fingerprint density at radius 2 is 2.10 bits per heavy atom. The van der Waals surface area contributed by atoms with Gasteiger partial charge in [-0.25, -0.2) is 0 Å². The van der Waals surface area contributed by atoms with Crippen LogP contribution >= 0.6 is 0 Å². The fourth-order valence-corrected chi connectivity index (χ4v) is 3.38. The summed E-state index contributed by atoms with van der Waals surface area (Å²) in [6.07, 6.45) is 4.60. The highest BCUT2D eigenvalue weighted by molar-refractivity contribution is 5.86. The molecule has 0 spiro atoms. The number of anilines is 1. The van der Waals surface area contributed by atoms with E-state index in [1.54, 1.807) is 0 Å². The van der Waals surface area contributed by atoms with E-state index in [0.29, 0.717) is 0 Å². The zero-order valence-corrected chi connectivity index (χ0v) is 12.6. The molecule has 1 fully saturated rings. The number of carbonyl (C=O) groups is 1. The third kappa shape index (κ3) is 3.56. The normalized spacial score (nSPS) is 21.6. The number of nitrogens with one attached hydrogen (secondary N) is 2. The minimum absolute atomic E-state index is 0.00855. The van der Waals surface area contributed by atoms with Crippen LogP contribution in [0, 0.1) is 0 Å². The van der Waals surface area contributed by atoms with Crippen molar-refractivity contribution in [2.45, 2.75) is 31.6 Å². The number of fused-ring (bicyclic) bond motifs is 1. The molecule has 4 heteroatoms. The molecule has 21 heavy (non-hydrogen) atoms. The van der Waals surface area contributed by atoms with E-state index in [0.717, 1.165) is 43.7 Å². The van der Waals surface area contributed by atoms with Crippen LogP contribution in [0.3, 0.4) is 0 Å². The van der Waals surface area contributed by atoms with Crippen LogP contribution in [0.25, 0.3) is 0 Å². The number of amides is 1. The SMILES string of the molecule is O=C(NCCCN1CCCC1)C1CCNc2ccccc21. The Bertz CT molecular complexity index is 483. The first-order chi connectivity index (χ1) is 10.3. The van der Waals surface area contributed by atoms with Gasteiger partial charge in [0.2, 0.25) is 5.91 Å². The maximum atomic E-state index is 12.4. The highest BCUT2D eigenvalue weighted by Crippen LogP contribution is 2.31. The third-order valence-electron chi connectivity index (χ3n) is 4.55. The Morgan fingerprint density at radius 3 is 2.95 bits per heavy atom. The number of hydrogen-bond acceptors (Lipinski definition) is 3. The molecule has 0 saturated carbocycles. The highest BCUT2D eigenvalue weighted by Gasteiger charge is 2.25. The lowest BCUT2D eigenvalue weighted by molar-refractivity contribution is -0.122. The molecule has 1 unspecified atom stereocenters. The number of hydrogen-bond donors (Lipinski definition) is 2. The van der Waals surface area contributed by atoms with E-state index >= 15 is 0 Å². The molecule has 3 rings (SSSR count). The topological polar surface area (TPSA) is 44.4 Å². The van der Waals surface area contributed by atoms with Crippen LogP contribution < -0.4 is 10.6 Å². The lowest BCUT2D eigenvalue weighted by Crippen LogP contribution is -2.34. The summed E-state index contributed by atoms with van der Waals surface area (Å²) in [5, 5.41) is 6.49. The standard InChI is InChI=1S/C17H25N3O/c21-17(19-9-5-13-20-11-3-4-12-20)15-8-10-18-16-7-2-1-6-14(15)16/h1-2,6-7,15,18H,3-5,8-13H2,(H,19,21). The summed E-state index contributed by atoms with van der Waals surface area (Å²) in [4.78, 5) is 14.9. The second kappa shape index (κ2) is 6.94. The van der Waals surface area contributed by atoms with Crippen LogP contribution in [0.15, 0.2) is 24.3 Å². The number of rotatable bonds is 5. The van der Waals surface area contributed by atoms with Crippen molar-refractivity contribution in [2.75, 3.05) is 38.0 Å². The van der Waals surface area contributed by atoms with Gasteiger partial charge in [0.25, 0.3) is 0 Å². The van der Waals surface area contributed by atoms with Crippen LogP contribution in [0.1, 0.15) is 37.2 Å². The van der Waals surface area contributed by atoms with Crippen molar-refractivity contribution in [1.82, 2.24) is 10.2 Å². The summed E-state index contributed by atoms with van der Waals surface area (Å²) in [5.41, 5.74) is 2.25. The van der Waals surface area contributed by atoms with Crippen LogP contribution in [-0.4, -0.2) is 43.5 Å². The molecule has 0 bridgehead atoms. The number of benzene rings is 1. The summed E-state index contributed by atoms with van der Waals surface area (Å²) in [7, 11) is 0. The molecule has 0 aromatic heterocycles. The van der Waals surface area contributed by atoms with E-state index < -0.39 is 0 Å². The van der Waals surface area contributed by atoms with Gasteiger partial charge < -0.3 is 15.5 Å². The summed E-state index contributed by atoms with van der Waals surface area (Å²) in [6.45, 7) is 5.25. The Balaban J connectivity index is 1.47. The van der Waals surface area contributed by atoms with E-state index in [-0.39, 0.29) is 11.8 Å². The molecule has 2 heterocycles. The molecule has 0 aliphatic carbocycles. The average molecular weight is 287 g/mol. The van der Waals surface area contributed by atoms with E-state index in [9.17, 15) is 4.79 Å². The Hall–Kier alpha value is -1.55. The van der Waals surface area contributed by atoms with Crippen LogP contribution in [0.4, 0.5) is 5.69 Å². The van der Waals surface area contributed by atoms with E-state index in [1.807, 2.05) is 12.1 Å². The van der Waals surface area contributed by atoms with Crippen molar-refractivity contribution >= 4 is 11.6 Å². The van der Waals surface area contributed by atoms with Crippen molar-refractivity contribution in [3.63, 3.8) is 0 Å². The Kier molecular flexibility index (Phi) is 4.76. The Labute approximate surface area is 126 Å².